The lowest BCUT2D eigenvalue weighted by Gasteiger charge is -2.28. The number of nitrogens with one attached hydrogen (secondary N) is 2. The summed E-state index contributed by atoms with van der Waals surface area (Å²) in [5, 5.41) is 5.54. The first-order valence-electron chi connectivity index (χ1n) is 14.3. The molecule has 43 heavy (non-hydrogen) atoms. The molecule has 0 fully saturated rings. The van der Waals surface area contributed by atoms with Crippen LogP contribution in [0, 0.1) is 6.92 Å². The molecule has 0 spiro atoms. The van der Waals surface area contributed by atoms with Gasteiger partial charge in [-0.25, -0.2) is 0 Å². The van der Waals surface area contributed by atoms with Gasteiger partial charge in [0.2, 0.25) is 17.7 Å². The fourth-order valence-corrected chi connectivity index (χ4v) is 4.76. The minimum absolute atomic E-state index is 0.129. The zero-order chi connectivity index (χ0) is 30.8. The van der Waals surface area contributed by atoms with Gasteiger partial charge in [-0.2, -0.15) is 0 Å². The van der Waals surface area contributed by atoms with Crippen molar-refractivity contribution in [1.29, 1.82) is 0 Å². The number of carbonyl (C=O) groups is 4. The lowest BCUT2D eigenvalue weighted by molar-refractivity contribution is -0.137. The van der Waals surface area contributed by atoms with E-state index in [1.54, 1.807) is 38.4 Å². The topological polar surface area (TPSA) is 117 Å². The Labute approximate surface area is 252 Å². The molecule has 10 nitrogen and oxygen atoms in total. The number of hydrogen-bond acceptors (Lipinski definition) is 6. The zero-order valence-electron chi connectivity index (χ0n) is 24.7. The highest BCUT2D eigenvalue weighted by atomic mass is 16.5. The van der Waals surface area contributed by atoms with Crippen LogP contribution in [0.4, 0.5) is 0 Å². The molecule has 0 saturated heterocycles. The molecule has 0 unspecified atom stereocenters. The number of likely N-dealkylation sites (N-methyl/N-ethyl adjacent to an activating group) is 2. The predicted molar refractivity (Wildman–Crippen MR) is 162 cm³/mol. The van der Waals surface area contributed by atoms with Crippen molar-refractivity contribution in [1.82, 2.24) is 20.4 Å². The molecule has 0 bridgehead atoms. The zero-order valence-corrected chi connectivity index (χ0v) is 24.7. The molecule has 226 valence electrons. The normalized spacial score (nSPS) is 17.9. The quantitative estimate of drug-likeness (QED) is 0.440. The number of para-hydroxylation sites is 2. The number of fused-ring (bicyclic) bond motifs is 1. The second-order valence-electron chi connectivity index (χ2n) is 10.5. The lowest BCUT2D eigenvalue weighted by Crippen LogP contribution is -2.53. The van der Waals surface area contributed by atoms with Gasteiger partial charge in [-0.15, -0.1) is 0 Å². The number of benzene rings is 3. The summed E-state index contributed by atoms with van der Waals surface area (Å²) >= 11 is 0. The first-order chi connectivity index (χ1) is 20.7. The smallest absolute Gasteiger partial charge is 0.255 e. The molecule has 0 saturated carbocycles. The Kier molecular flexibility index (Phi) is 10.7. The molecule has 3 aromatic rings. The largest absolute Gasteiger partial charge is 0.491 e. The highest BCUT2D eigenvalue weighted by Crippen LogP contribution is 2.19. The Morgan fingerprint density at radius 1 is 0.977 bits per heavy atom. The van der Waals surface area contributed by atoms with Gasteiger partial charge >= 0.3 is 0 Å². The highest BCUT2D eigenvalue weighted by molar-refractivity contribution is 6.01. The summed E-state index contributed by atoms with van der Waals surface area (Å²) in [6, 6.07) is 21.5. The Morgan fingerprint density at radius 3 is 2.44 bits per heavy atom. The molecule has 0 aromatic heterocycles. The molecule has 10 heteroatoms. The van der Waals surface area contributed by atoms with Gasteiger partial charge in [0.15, 0.2) is 0 Å². The first-order valence-corrected chi connectivity index (χ1v) is 14.3. The summed E-state index contributed by atoms with van der Waals surface area (Å²) in [6.45, 7) is 2.75. The third-order valence-electron chi connectivity index (χ3n) is 7.26. The van der Waals surface area contributed by atoms with Crippen LogP contribution in [0.25, 0.3) is 0 Å². The van der Waals surface area contributed by atoms with Gasteiger partial charge < -0.3 is 29.9 Å². The van der Waals surface area contributed by atoms with E-state index >= 15 is 0 Å². The predicted octanol–water partition coefficient (Wildman–Crippen LogP) is 2.60. The van der Waals surface area contributed by atoms with E-state index in [0.29, 0.717) is 11.5 Å². The maximum atomic E-state index is 13.6. The number of aryl methyl sites for hydroxylation is 1. The maximum absolute atomic E-state index is 13.6. The monoisotopic (exact) mass is 586 g/mol. The third kappa shape index (κ3) is 8.57. The summed E-state index contributed by atoms with van der Waals surface area (Å²) in [7, 11) is 3.23. The van der Waals surface area contributed by atoms with Gasteiger partial charge in [0, 0.05) is 20.5 Å². The summed E-state index contributed by atoms with van der Waals surface area (Å²) in [4.78, 5) is 56.7. The van der Waals surface area contributed by atoms with Crippen molar-refractivity contribution in [2.75, 3.05) is 40.4 Å². The van der Waals surface area contributed by atoms with Crippen LogP contribution in [-0.2, 0) is 20.8 Å². The minimum Gasteiger partial charge on any atom is -0.491 e. The molecule has 4 amide bonds. The molecule has 2 atom stereocenters. The maximum Gasteiger partial charge on any atom is 0.255 e. The molecule has 1 heterocycles. The number of nitrogens with zero attached hydrogens (tertiary/aromatic N) is 2. The van der Waals surface area contributed by atoms with Crippen LogP contribution in [0.2, 0.25) is 0 Å². The molecule has 0 aliphatic carbocycles. The van der Waals surface area contributed by atoms with Gasteiger partial charge in [0.05, 0.1) is 25.1 Å². The fourth-order valence-electron chi connectivity index (χ4n) is 4.76. The van der Waals surface area contributed by atoms with E-state index in [9.17, 15) is 19.2 Å². The van der Waals surface area contributed by atoms with Crippen molar-refractivity contribution in [3.63, 3.8) is 0 Å². The molecule has 2 N–H and O–H groups in total. The van der Waals surface area contributed by atoms with Crippen LogP contribution < -0.4 is 20.1 Å². The second kappa shape index (κ2) is 14.9. The minimum atomic E-state index is -1.20. The van der Waals surface area contributed by atoms with E-state index in [0.717, 1.165) is 11.1 Å². The fraction of sp³-hybridized carbons (Fsp3) is 0.333. The van der Waals surface area contributed by atoms with Crippen molar-refractivity contribution >= 4 is 23.6 Å². The summed E-state index contributed by atoms with van der Waals surface area (Å²) in [5.74, 6) is -0.811. The SMILES string of the molecule is Cc1ccccc1OCCN(C)C(=O)[C@@H]1CC(=O)N[C@H](Cc2ccccc2)C(=O)N(C)CCOc2ccccc2C(=O)N1. The van der Waals surface area contributed by atoms with Crippen LogP contribution in [-0.4, -0.2) is 85.9 Å². The molecule has 1 aliphatic heterocycles. The molecule has 3 aromatic carbocycles. The van der Waals surface area contributed by atoms with Gasteiger partial charge in [-0.05, 0) is 36.2 Å². The first kappa shape index (κ1) is 31.1. The standard InChI is InChI=1S/C33H38N4O6/c1-23-11-7-9-15-28(23)42-19-17-37(3)33(41)27-22-30(38)34-26(21-24-12-5-4-6-13-24)32(40)36(2)18-20-43-29-16-10-8-14-25(29)31(39)35-27/h4-16,26-27H,17-22H2,1-3H3,(H,34,38)(H,35,39)/t26-,27+/m1/s1. The van der Waals surface area contributed by atoms with Crippen molar-refractivity contribution < 1.29 is 28.7 Å². The molecule has 0 radical (unpaired) electrons. The van der Waals surface area contributed by atoms with Gasteiger partial charge in [-0.3, -0.25) is 19.2 Å². The summed E-state index contributed by atoms with van der Waals surface area (Å²) < 4.78 is 11.7. The molecule has 1 aliphatic rings. The van der Waals surface area contributed by atoms with E-state index in [1.807, 2.05) is 61.5 Å². The van der Waals surface area contributed by atoms with Crippen LogP contribution >= 0.6 is 0 Å². The van der Waals surface area contributed by atoms with Crippen molar-refractivity contribution in [2.45, 2.75) is 31.8 Å². The average Bonchev–Trinajstić information content (AvgIpc) is 3.00. The summed E-state index contributed by atoms with van der Waals surface area (Å²) in [6.07, 6.45) is -0.0978. The number of rotatable bonds is 7. The number of amides is 4. The van der Waals surface area contributed by atoms with Crippen LogP contribution in [0.3, 0.4) is 0 Å². The van der Waals surface area contributed by atoms with E-state index in [2.05, 4.69) is 10.6 Å². The Balaban J connectivity index is 1.55. The lowest BCUT2D eigenvalue weighted by atomic mass is 10.0. The van der Waals surface area contributed by atoms with E-state index in [-0.39, 0.29) is 50.6 Å². The van der Waals surface area contributed by atoms with Crippen molar-refractivity contribution in [2.24, 2.45) is 0 Å². The third-order valence-corrected chi connectivity index (χ3v) is 7.26. The van der Waals surface area contributed by atoms with Crippen molar-refractivity contribution in [3.05, 3.63) is 95.6 Å². The van der Waals surface area contributed by atoms with Gasteiger partial charge in [0.1, 0.15) is 36.8 Å². The number of carbonyl (C=O) groups excluding carboxylic acids is 4. The van der Waals surface area contributed by atoms with Crippen molar-refractivity contribution in [3.8, 4) is 11.5 Å². The van der Waals surface area contributed by atoms with Crippen LogP contribution in [0.15, 0.2) is 78.9 Å². The Bertz CT molecular complexity index is 1430. The van der Waals surface area contributed by atoms with E-state index in [4.69, 9.17) is 9.47 Å². The number of ether oxygens (including phenoxy) is 2. The van der Waals surface area contributed by atoms with E-state index in [1.165, 1.54) is 9.80 Å². The summed E-state index contributed by atoms with van der Waals surface area (Å²) in [5.41, 5.74) is 2.06. The van der Waals surface area contributed by atoms with Gasteiger partial charge in [-0.1, -0.05) is 60.7 Å². The Morgan fingerprint density at radius 2 is 1.67 bits per heavy atom. The Hall–Kier alpha value is -4.86. The number of hydrogen-bond donors (Lipinski definition) is 2. The molecular weight excluding hydrogens is 548 g/mol. The second-order valence-corrected chi connectivity index (χ2v) is 10.5. The molecule has 4 rings (SSSR count). The van der Waals surface area contributed by atoms with Gasteiger partial charge in [0.25, 0.3) is 5.91 Å². The van der Waals surface area contributed by atoms with Crippen LogP contribution in [0.1, 0.15) is 27.9 Å². The molecular formula is C33H38N4O6. The highest BCUT2D eigenvalue weighted by Gasteiger charge is 2.31. The van der Waals surface area contributed by atoms with E-state index < -0.39 is 29.8 Å². The van der Waals surface area contributed by atoms with Crippen LogP contribution in [0.5, 0.6) is 11.5 Å². The average molecular weight is 587 g/mol.